The average molecular weight is 259 g/mol. The van der Waals surface area contributed by atoms with Gasteiger partial charge in [0.1, 0.15) is 11.5 Å². The Labute approximate surface area is 108 Å². The van der Waals surface area contributed by atoms with Crippen LogP contribution in [0.15, 0.2) is 34.0 Å². The highest BCUT2D eigenvalue weighted by Crippen LogP contribution is 2.18. The van der Waals surface area contributed by atoms with Gasteiger partial charge in [-0.15, -0.1) is 0 Å². The maximum absolute atomic E-state index is 12.3. The number of nitrogens with one attached hydrogen (secondary N) is 2. The summed E-state index contributed by atoms with van der Waals surface area (Å²) in [6.45, 7) is 0.618. The van der Waals surface area contributed by atoms with E-state index in [-0.39, 0.29) is 17.8 Å². The number of hydrogen-bond acceptors (Lipinski definition) is 5. The highest BCUT2D eigenvalue weighted by Gasteiger charge is 2.20. The van der Waals surface area contributed by atoms with Gasteiger partial charge < -0.3 is 10.6 Å². The lowest BCUT2D eigenvalue weighted by molar-refractivity contribution is 0.641. The lowest BCUT2D eigenvalue weighted by atomic mass is 10.3. The summed E-state index contributed by atoms with van der Waals surface area (Å²) in [4.78, 5) is 28.6. The van der Waals surface area contributed by atoms with Crippen molar-refractivity contribution in [2.45, 2.75) is 6.54 Å². The van der Waals surface area contributed by atoms with Crippen LogP contribution in [-0.4, -0.2) is 20.8 Å². The average Bonchev–Trinajstić information content (AvgIpc) is 2.92. The molecule has 3 heterocycles. The molecule has 1 aliphatic rings. The minimum Gasteiger partial charge on any atom is -0.360 e. The van der Waals surface area contributed by atoms with E-state index in [1.165, 1.54) is 9.13 Å². The number of aromatic nitrogens is 3. The normalized spacial score (nSPS) is 12.7. The SMILES string of the molecule is Cn1c2c(c(=O)n(Cc3ccccn3)c1=O)NCN2. The number of pyridine rings is 1. The zero-order valence-electron chi connectivity index (χ0n) is 10.4. The van der Waals surface area contributed by atoms with E-state index in [1.807, 2.05) is 6.07 Å². The molecule has 0 unspecified atom stereocenters. The van der Waals surface area contributed by atoms with Crippen molar-refractivity contribution in [3.8, 4) is 0 Å². The predicted molar refractivity (Wildman–Crippen MR) is 71.4 cm³/mol. The Kier molecular flexibility index (Phi) is 2.59. The summed E-state index contributed by atoms with van der Waals surface area (Å²) in [6, 6.07) is 5.40. The van der Waals surface area contributed by atoms with Crippen molar-refractivity contribution in [2.75, 3.05) is 17.3 Å². The van der Waals surface area contributed by atoms with Gasteiger partial charge in [0.05, 0.1) is 18.9 Å². The first-order valence-electron chi connectivity index (χ1n) is 5.90. The molecular weight excluding hydrogens is 246 g/mol. The molecule has 7 nitrogen and oxygen atoms in total. The van der Waals surface area contributed by atoms with Crippen LogP contribution in [0.3, 0.4) is 0 Å². The molecule has 2 aromatic heterocycles. The van der Waals surface area contributed by atoms with Gasteiger partial charge in [0.2, 0.25) is 0 Å². The molecule has 2 aromatic rings. The van der Waals surface area contributed by atoms with Crippen LogP contribution in [0.1, 0.15) is 5.69 Å². The van der Waals surface area contributed by atoms with Crippen LogP contribution in [0.4, 0.5) is 11.5 Å². The summed E-state index contributed by atoms with van der Waals surface area (Å²) in [5.41, 5.74) is 0.421. The molecule has 0 atom stereocenters. The van der Waals surface area contributed by atoms with Crippen LogP contribution in [0, 0.1) is 0 Å². The summed E-state index contributed by atoms with van der Waals surface area (Å²) in [5.74, 6) is 0.535. The van der Waals surface area contributed by atoms with E-state index in [2.05, 4.69) is 15.6 Å². The van der Waals surface area contributed by atoms with Crippen molar-refractivity contribution < 1.29 is 0 Å². The number of anilines is 2. The fraction of sp³-hybridized carbons (Fsp3) is 0.250. The lowest BCUT2D eigenvalue weighted by Gasteiger charge is -2.10. The molecule has 0 aliphatic carbocycles. The Morgan fingerprint density at radius 2 is 2.16 bits per heavy atom. The van der Waals surface area contributed by atoms with Crippen LogP contribution in [-0.2, 0) is 13.6 Å². The number of rotatable bonds is 2. The highest BCUT2D eigenvalue weighted by atomic mass is 16.2. The Morgan fingerprint density at radius 1 is 1.32 bits per heavy atom. The van der Waals surface area contributed by atoms with Gasteiger partial charge in [-0.1, -0.05) is 6.07 Å². The molecule has 0 spiro atoms. The van der Waals surface area contributed by atoms with Crippen molar-refractivity contribution in [1.29, 1.82) is 0 Å². The van der Waals surface area contributed by atoms with E-state index >= 15 is 0 Å². The van der Waals surface area contributed by atoms with Crippen LogP contribution >= 0.6 is 0 Å². The minimum absolute atomic E-state index is 0.168. The fourth-order valence-corrected chi connectivity index (χ4v) is 2.14. The van der Waals surface area contributed by atoms with Gasteiger partial charge in [0.15, 0.2) is 0 Å². The molecule has 0 saturated heterocycles. The van der Waals surface area contributed by atoms with Gasteiger partial charge in [-0.05, 0) is 12.1 Å². The Hall–Kier alpha value is -2.57. The highest BCUT2D eigenvalue weighted by molar-refractivity contribution is 5.68. The standard InChI is InChI=1S/C12H13N5O2/c1-16-10-9(14-7-15-10)11(18)17(12(16)19)6-8-4-2-3-5-13-8/h2-5,14-15H,6-7H2,1H3. The molecule has 1 aliphatic heterocycles. The fourth-order valence-electron chi connectivity index (χ4n) is 2.14. The largest absolute Gasteiger partial charge is 0.360 e. The zero-order chi connectivity index (χ0) is 13.4. The Balaban J connectivity index is 2.15. The quantitative estimate of drug-likeness (QED) is 0.779. The molecule has 0 fully saturated rings. The summed E-state index contributed by atoms with van der Waals surface area (Å²) >= 11 is 0. The number of hydrogen-bond donors (Lipinski definition) is 2. The second kappa shape index (κ2) is 4.27. The summed E-state index contributed by atoms with van der Waals surface area (Å²) < 4.78 is 2.61. The molecule has 2 N–H and O–H groups in total. The van der Waals surface area contributed by atoms with Gasteiger partial charge >= 0.3 is 5.69 Å². The van der Waals surface area contributed by atoms with Crippen molar-refractivity contribution in [1.82, 2.24) is 14.1 Å². The summed E-state index contributed by atoms with van der Waals surface area (Å²) in [7, 11) is 1.63. The van der Waals surface area contributed by atoms with Crippen molar-refractivity contribution in [3.05, 3.63) is 50.9 Å². The van der Waals surface area contributed by atoms with E-state index in [1.54, 1.807) is 25.4 Å². The monoisotopic (exact) mass is 259 g/mol. The summed E-state index contributed by atoms with van der Waals surface area (Å²) in [5, 5.41) is 5.90. The molecule has 3 rings (SSSR count). The van der Waals surface area contributed by atoms with Gasteiger partial charge in [-0.3, -0.25) is 18.9 Å². The molecule has 0 saturated carbocycles. The topological polar surface area (TPSA) is 81.0 Å². The molecule has 0 aromatic carbocycles. The van der Waals surface area contributed by atoms with Gasteiger partial charge in [-0.2, -0.15) is 0 Å². The van der Waals surface area contributed by atoms with Crippen LogP contribution < -0.4 is 21.9 Å². The minimum atomic E-state index is -0.356. The van der Waals surface area contributed by atoms with Crippen molar-refractivity contribution in [2.24, 2.45) is 7.05 Å². The molecular formula is C12H13N5O2. The van der Waals surface area contributed by atoms with E-state index in [0.29, 0.717) is 23.9 Å². The number of nitrogens with zero attached hydrogens (tertiary/aromatic N) is 3. The Morgan fingerprint density at radius 3 is 2.89 bits per heavy atom. The lowest BCUT2D eigenvalue weighted by Crippen LogP contribution is -2.39. The van der Waals surface area contributed by atoms with E-state index in [4.69, 9.17) is 0 Å². The molecule has 7 heteroatoms. The van der Waals surface area contributed by atoms with Gasteiger partial charge in [0, 0.05) is 13.2 Å². The number of fused-ring (bicyclic) bond motifs is 1. The zero-order valence-corrected chi connectivity index (χ0v) is 10.4. The third kappa shape index (κ3) is 1.79. The molecule has 19 heavy (non-hydrogen) atoms. The molecule has 0 radical (unpaired) electrons. The second-order valence-corrected chi connectivity index (χ2v) is 4.31. The predicted octanol–water partition coefficient (Wildman–Crippen LogP) is -0.215. The van der Waals surface area contributed by atoms with E-state index in [0.717, 1.165) is 0 Å². The van der Waals surface area contributed by atoms with Crippen LogP contribution in [0.5, 0.6) is 0 Å². The first-order valence-corrected chi connectivity index (χ1v) is 5.90. The van der Waals surface area contributed by atoms with Crippen LogP contribution in [0.2, 0.25) is 0 Å². The van der Waals surface area contributed by atoms with E-state index in [9.17, 15) is 9.59 Å². The van der Waals surface area contributed by atoms with Gasteiger partial charge in [-0.25, -0.2) is 4.79 Å². The van der Waals surface area contributed by atoms with E-state index < -0.39 is 0 Å². The molecule has 0 amide bonds. The van der Waals surface area contributed by atoms with Gasteiger partial charge in [0.25, 0.3) is 5.56 Å². The molecule has 98 valence electrons. The second-order valence-electron chi connectivity index (χ2n) is 4.31. The smallest absolute Gasteiger partial charge is 0.332 e. The van der Waals surface area contributed by atoms with Crippen molar-refractivity contribution in [3.63, 3.8) is 0 Å². The molecule has 0 bridgehead atoms. The first-order chi connectivity index (χ1) is 9.18. The maximum Gasteiger partial charge on any atom is 0.332 e. The van der Waals surface area contributed by atoms with Crippen molar-refractivity contribution >= 4 is 11.5 Å². The third-order valence-corrected chi connectivity index (χ3v) is 3.12. The third-order valence-electron chi connectivity index (χ3n) is 3.12. The van der Waals surface area contributed by atoms with Crippen LogP contribution in [0.25, 0.3) is 0 Å². The summed E-state index contributed by atoms with van der Waals surface area (Å²) in [6.07, 6.45) is 1.64. The first kappa shape index (κ1) is 11.5. The maximum atomic E-state index is 12.3. The Bertz CT molecular complexity index is 732.